The van der Waals surface area contributed by atoms with Crippen LogP contribution in [0, 0.1) is 0 Å². The summed E-state index contributed by atoms with van der Waals surface area (Å²) >= 11 is 0. The fraction of sp³-hybridized carbons (Fsp3) is 0.250. The highest BCUT2D eigenvalue weighted by Crippen LogP contribution is 2.18. The van der Waals surface area contributed by atoms with Gasteiger partial charge in [0.2, 0.25) is 19.7 Å². The molecule has 1 saturated heterocycles. The minimum absolute atomic E-state index is 0.00810. The molecule has 0 spiro atoms. The van der Waals surface area contributed by atoms with Crippen molar-refractivity contribution >= 4 is 31.2 Å². The van der Waals surface area contributed by atoms with Crippen molar-refractivity contribution in [3.05, 3.63) is 30.3 Å². The first-order valence-electron chi connectivity index (χ1n) is 5.74. The third-order valence-corrected chi connectivity index (χ3v) is 2.77. The number of carbonyl (C=O) groups is 3. The van der Waals surface area contributed by atoms with Crippen LogP contribution in [0.1, 0.15) is 0 Å². The normalized spacial score (nSPS) is 14.6. The van der Waals surface area contributed by atoms with E-state index in [1.807, 2.05) is 18.2 Å². The lowest BCUT2D eigenvalue weighted by Crippen LogP contribution is -2.39. The molecule has 19 heavy (non-hydrogen) atoms. The second-order valence-electron chi connectivity index (χ2n) is 4.11. The first-order chi connectivity index (χ1) is 9.08. The minimum atomic E-state index is -0.765. The molecule has 2 rings (SSSR count). The lowest BCUT2D eigenvalue weighted by Gasteiger charge is -2.18. The van der Waals surface area contributed by atoms with Crippen LogP contribution in [0.15, 0.2) is 30.3 Å². The van der Waals surface area contributed by atoms with Crippen molar-refractivity contribution in [2.75, 3.05) is 24.7 Å². The molecule has 1 heterocycles. The molecule has 0 saturated carbocycles. The third-order valence-electron chi connectivity index (χ3n) is 2.77. The molecule has 6 nitrogen and oxygen atoms in total. The van der Waals surface area contributed by atoms with Crippen LogP contribution < -0.4 is 10.2 Å². The van der Waals surface area contributed by atoms with Gasteiger partial charge in [-0.05, 0) is 12.1 Å². The van der Waals surface area contributed by atoms with Gasteiger partial charge in [-0.15, -0.1) is 0 Å². The molecule has 0 atom stereocenters. The Labute approximate surface area is 111 Å². The summed E-state index contributed by atoms with van der Waals surface area (Å²) in [6, 6.07) is 9.09. The number of nitrogens with zero attached hydrogens (tertiary/aromatic N) is 2. The maximum atomic E-state index is 11.8. The first-order valence-corrected chi connectivity index (χ1v) is 5.74. The number of para-hydroxylation sites is 1. The van der Waals surface area contributed by atoms with Crippen molar-refractivity contribution in [3.8, 4) is 0 Å². The van der Waals surface area contributed by atoms with Gasteiger partial charge in [-0.1, -0.05) is 18.2 Å². The Kier molecular flexibility index (Phi) is 3.84. The van der Waals surface area contributed by atoms with Crippen molar-refractivity contribution in [2.45, 2.75) is 0 Å². The van der Waals surface area contributed by atoms with Gasteiger partial charge in [-0.25, -0.2) is 0 Å². The van der Waals surface area contributed by atoms with E-state index in [0.717, 1.165) is 5.69 Å². The van der Waals surface area contributed by atoms with Crippen molar-refractivity contribution in [3.63, 3.8) is 0 Å². The molecule has 1 aliphatic heterocycles. The summed E-state index contributed by atoms with van der Waals surface area (Å²) in [5.74, 6) is -1.26. The molecule has 2 radical (unpaired) electrons. The zero-order valence-electron chi connectivity index (χ0n) is 10.2. The fourth-order valence-electron chi connectivity index (χ4n) is 1.82. The number of hydrogen-bond acceptors (Lipinski definition) is 3. The Bertz CT molecular complexity index is 506. The van der Waals surface area contributed by atoms with Gasteiger partial charge in [0, 0.05) is 5.69 Å². The predicted molar refractivity (Wildman–Crippen MR) is 69.7 cm³/mol. The average Bonchev–Trinajstić information content (AvgIpc) is 2.79. The highest BCUT2D eigenvalue weighted by Gasteiger charge is 2.31. The summed E-state index contributed by atoms with van der Waals surface area (Å²) in [7, 11) is 4.89. The van der Waals surface area contributed by atoms with Crippen molar-refractivity contribution in [1.82, 2.24) is 10.2 Å². The van der Waals surface area contributed by atoms with Crippen LogP contribution in [0.2, 0.25) is 0 Å². The average molecular weight is 257 g/mol. The fourth-order valence-corrected chi connectivity index (χ4v) is 1.82. The summed E-state index contributed by atoms with van der Waals surface area (Å²) in [5.41, 5.74) is 0.741. The number of benzene rings is 1. The number of hydrogen-bond donors (Lipinski definition) is 1. The largest absolute Gasteiger partial charge is 0.357 e. The van der Waals surface area contributed by atoms with E-state index in [0.29, 0.717) is 0 Å². The van der Waals surface area contributed by atoms with E-state index in [2.05, 4.69) is 5.32 Å². The van der Waals surface area contributed by atoms with Gasteiger partial charge in [0.05, 0.1) is 6.54 Å². The molecule has 3 amide bonds. The van der Waals surface area contributed by atoms with Crippen molar-refractivity contribution in [2.24, 2.45) is 0 Å². The summed E-state index contributed by atoms with van der Waals surface area (Å²) in [6.07, 6.45) is 0. The van der Waals surface area contributed by atoms with Crippen molar-refractivity contribution < 1.29 is 14.4 Å². The van der Waals surface area contributed by atoms with Crippen molar-refractivity contribution in [1.29, 1.82) is 0 Å². The monoisotopic (exact) mass is 257 g/mol. The Morgan fingerprint density at radius 1 is 1.26 bits per heavy atom. The minimum Gasteiger partial charge on any atom is -0.357 e. The lowest BCUT2D eigenvalue weighted by atomic mass is 10.1. The van der Waals surface area contributed by atoms with Crippen LogP contribution in [0.3, 0.4) is 0 Å². The van der Waals surface area contributed by atoms with Gasteiger partial charge in [0.1, 0.15) is 13.2 Å². The van der Waals surface area contributed by atoms with Gasteiger partial charge in [0.15, 0.2) is 5.81 Å². The molecule has 1 aromatic carbocycles. The molecular formula is C12H12BN3O3. The Morgan fingerprint density at radius 2 is 1.95 bits per heavy atom. The van der Waals surface area contributed by atoms with Crippen LogP contribution in [-0.2, 0) is 9.59 Å². The Morgan fingerprint density at radius 3 is 2.58 bits per heavy atom. The SMILES string of the molecule is [B]C(=O)NCC(=O)N1CC(=O)N(c2ccccc2)C1. The maximum Gasteiger partial charge on any atom is 0.248 e. The van der Waals surface area contributed by atoms with Crippen LogP contribution in [0.4, 0.5) is 10.5 Å². The van der Waals surface area contributed by atoms with Crippen LogP contribution >= 0.6 is 0 Å². The molecule has 0 aliphatic carbocycles. The topological polar surface area (TPSA) is 69.7 Å². The lowest BCUT2D eigenvalue weighted by molar-refractivity contribution is -0.130. The zero-order chi connectivity index (χ0) is 13.8. The molecular weight excluding hydrogens is 245 g/mol. The van der Waals surface area contributed by atoms with Crippen LogP contribution in [0.25, 0.3) is 0 Å². The molecule has 1 aromatic rings. The van der Waals surface area contributed by atoms with Gasteiger partial charge in [0.25, 0.3) is 0 Å². The second-order valence-corrected chi connectivity index (χ2v) is 4.11. The van der Waals surface area contributed by atoms with Crippen LogP contribution in [-0.4, -0.2) is 50.1 Å². The molecule has 0 bridgehead atoms. The molecule has 0 aromatic heterocycles. The van der Waals surface area contributed by atoms with Gasteiger partial charge in [-0.3, -0.25) is 19.3 Å². The number of carbonyl (C=O) groups excluding carboxylic acids is 3. The molecule has 7 heteroatoms. The van der Waals surface area contributed by atoms with E-state index in [9.17, 15) is 14.4 Å². The van der Waals surface area contributed by atoms with E-state index in [1.54, 1.807) is 12.1 Å². The molecule has 1 fully saturated rings. The second kappa shape index (κ2) is 5.56. The summed E-state index contributed by atoms with van der Waals surface area (Å²) < 4.78 is 0. The highest BCUT2D eigenvalue weighted by molar-refractivity contribution is 6.57. The quantitative estimate of drug-likeness (QED) is 0.755. The zero-order valence-corrected chi connectivity index (χ0v) is 10.2. The molecule has 1 aliphatic rings. The van der Waals surface area contributed by atoms with E-state index >= 15 is 0 Å². The van der Waals surface area contributed by atoms with E-state index < -0.39 is 5.81 Å². The Hall–Kier alpha value is -2.31. The number of nitrogens with one attached hydrogen (secondary N) is 1. The third kappa shape index (κ3) is 3.12. The number of rotatable bonds is 3. The first kappa shape index (κ1) is 13.1. The number of anilines is 1. The molecule has 96 valence electrons. The summed E-state index contributed by atoms with van der Waals surface area (Å²) in [4.78, 5) is 37.0. The van der Waals surface area contributed by atoms with Crippen LogP contribution in [0.5, 0.6) is 0 Å². The number of amides is 3. The smallest absolute Gasteiger partial charge is 0.248 e. The van der Waals surface area contributed by atoms with E-state index in [-0.39, 0.29) is 31.6 Å². The standard InChI is InChI=1S/C12H12BN3O3/c13-12(19)14-6-10(17)15-7-11(18)16(8-15)9-4-2-1-3-5-9/h1-5H,6-8H2,(H,14,19). The molecule has 0 unspecified atom stereocenters. The Balaban J connectivity index is 1.99. The van der Waals surface area contributed by atoms with Gasteiger partial charge in [-0.2, -0.15) is 0 Å². The van der Waals surface area contributed by atoms with E-state index in [1.165, 1.54) is 9.80 Å². The van der Waals surface area contributed by atoms with E-state index in [4.69, 9.17) is 7.85 Å². The highest BCUT2D eigenvalue weighted by atomic mass is 16.2. The van der Waals surface area contributed by atoms with Gasteiger partial charge < -0.3 is 10.2 Å². The molecule has 1 N–H and O–H groups in total. The summed E-state index contributed by atoms with van der Waals surface area (Å²) in [6.45, 7) is -0.0124. The van der Waals surface area contributed by atoms with Gasteiger partial charge >= 0.3 is 0 Å². The summed E-state index contributed by atoms with van der Waals surface area (Å²) in [5, 5.41) is 2.21. The predicted octanol–water partition coefficient (Wildman–Crippen LogP) is -0.303. The maximum absolute atomic E-state index is 11.8.